The lowest BCUT2D eigenvalue weighted by Gasteiger charge is -2.18. The molecular formula is C23H22BrClFNO3. The quantitative estimate of drug-likeness (QED) is 0.389. The van der Waals surface area contributed by atoms with Crippen molar-refractivity contribution >= 4 is 27.5 Å². The molecule has 4 nitrogen and oxygen atoms in total. The molecule has 0 aliphatic carbocycles. The van der Waals surface area contributed by atoms with E-state index in [4.69, 9.17) is 25.8 Å². The van der Waals surface area contributed by atoms with Crippen LogP contribution in [0.2, 0.25) is 5.02 Å². The smallest absolute Gasteiger partial charge is 0.167 e. The van der Waals surface area contributed by atoms with Crippen molar-refractivity contribution in [3.63, 3.8) is 0 Å². The number of hydrogen-bond acceptors (Lipinski definition) is 4. The van der Waals surface area contributed by atoms with Crippen LogP contribution in [0.4, 0.5) is 4.39 Å². The van der Waals surface area contributed by atoms with Crippen molar-refractivity contribution in [2.45, 2.75) is 19.7 Å². The molecule has 1 N–H and O–H groups in total. The summed E-state index contributed by atoms with van der Waals surface area (Å²) in [6.45, 7) is 1.08. The first kappa shape index (κ1) is 22.4. The Bertz CT molecular complexity index is 995. The Kier molecular flexibility index (Phi) is 7.96. The van der Waals surface area contributed by atoms with Gasteiger partial charge in [0.25, 0.3) is 0 Å². The van der Waals surface area contributed by atoms with Gasteiger partial charge in [0, 0.05) is 34.3 Å². The molecule has 0 saturated carbocycles. The number of ether oxygens (including phenoxy) is 3. The second kappa shape index (κ2) is 10.7. The van der Waals surface area contributed by atoms with Crippen molar-refractivity contribution in [3.05, 3.63) is 86.6 Å². The fourth-order valence-electron chi connectivity index (χ4n) is 3.05. The third-order valence-corrected chi connectivity index (χ3v) is 5.72. The van der Waals surface area contributed by atoms with Crippen molar-refractivity contribution < 1.29 is 18.6 Å². The predicted octanol–water partition coefficient (Wildman–Crippen LogP) is 6.13. The zero-order valence-electron chi connectivity index (χ0n) is 16.7. The molecule has 0 atom stereocenters. The highest BCUT2D eigenvalue weighted by atomic mass is 79.9. The van der Waals surface area contributed by atoms with Gasteiger partial charge in [-0.05, 0) is 30.3 Å². The van der Waals surface area contributed by atoms with E-state index in [0.29, 0.717) is 35.2 Å². The van der Waals surface area contributed by atoms with E-state index in [9.17, 15) is 4.39 Å². The van der Waals surface area contributed by atoms with Gasteiger partial charge in [-0.15, -0.1) is 0 Å². The van der Waals surface area contributed by atoms with Gasteiger partial charge in [-0.1, -0.05) is 51.8 Å². The third-order valence-electron chi connectivity index (χ3n) is 4.62. The average Bonchev–Trinajstić information content (AvgIpc) is 2.75. The molecule has 158 valence electrons. The van der Waals surface area contributed by atoms with Crippen LogP contribution >= 0.6 is 27.5 Å². The van der Waals surface area contributed by atoms with E-state index < -0.39 is 5.82 Å². The normalized spacial score (nSPS) is 10.7. The topological polar surface area (TPSA) is 39.7 Å². The van der Waals surface area contributed by atoms with E-state index in [1.165, 1.54) is 6.07 Å². The van der Waals surface area contributed by atoms with Crippen LogP contribution in [-0.4, -0.2) is 14.2 Å². The molecule has 0 saturated heterocycles. The van der Waals surface area contributed by atoms with Gasteiger partial charge in [0.1, 0.15) is 18.2 Å². The molecule has 3 rings (SSSR count). The molecule has 0 aliphatic heterocycles. The maximum atomic E-state index is 14.1. The van der Waals surface area contributed by atoms with Crippen LogP contribution in [0, 0.1) is 5.82 Å². The number of nitrogens with one attached hydrogen (secondary N) is 1. The fraction of sp³-hybridized carbons (Fsp3) is 0.217. The maximum Gasteiger partial charge on any atom is 0.167 e. The minimum atomic E-state index is -0.410. The second-order valence-electron chi connectivity index (χ2n) is 6.46. The van der Waals surface area contributed by atoms with E-state index in [1.807, 2.05) is 30.3 Å². The Labute approximate surface area is 189 Å². The number of para-hydroxylation sites is 1. The van der Waals surface area contributed by atoms with Crippen LogP contribution in [0.25, 0.3) is 0 Å². The third kappa shape index (κ3) is 5.25. The van der Waals surface area contributed by atoms with E-state index in [2.05, 4.69) is 21.2 Å². The zero-order valence-corrected chi connectivity index (χ0v) is 19.0. The highest BCUT2D eigenvalue weighted by Gasteiger charge is 2.17. The summed E-state index contributed by atoms with van der Waals surface area (Å²) in [5.74, 6) is 1.49. The molecule has 3 aromatic rings. The number of hydrogen-bond donors (Lipinski definition) is 1. The summed E-state index contributed by atoms with van der Waals surface area (Å²) >= 11 is 9.72. The summed E-state index contributed by atoms with van der Waals surface area (Å²) in [5, 5.41) is 3.72. The Balaban J connectivity index is 1.80. The summed E-state index contributed by atoms with van der Waals surface area (Å²) in [6.07, 6.45) is 0. The molecule has 0 aromatic heterocycles. The maximum absolute atomic E-state index is 14.1. The largest absolute Gasteiger partial charge is 0.496 e. The molecule has 30 heavy (non-hydrogen) atoms. The number of methoxy groups -OCH3 is 2. The van der Waals surface area contributed by atoms with Crippen LogP contribution in [0.5, 0.6) is 17.2 Å². The molecule has 0 fully saturated rings. The van der Waals surface area contributed by atoms with Crippen molar-refractivity contribution in [1.82, 2.24) is 5.32 Å². The summed E-state index contributed by atoms with van der Waals surface area (Å²) < 4.78 is 31.9. The minimum absolute atomic E-state index is 0.0160. The summed E-state index contributed by atoms with van der Waals surface area (Å²) in [7, 11) is 3.22. The van der Waals surface area contributed by atoms with Crippen molar-refractivity contribution in [2.24, 2.45) is 0 Å². The molecule has 0 radical (unpaired) electrons. The van der Waals surface area contributed by atoms with Gasteiger partial charge in [0.05, 0.1) is 19.2 Å². The monoisotopic (exact) mass is 493 g/mol. The first-order valence-electron chi connectivity index (χ1n) is 9.28. The first-order valence-corrected chi connectivity index (χ1v) is 10.5. The first-order chi connectivity index (χ1) is 14.5. The van der Waals surface area contributed by atoms with Gasteiger partial charge in [-0.25, -0.2) is 4.39 Å². The Morgan fingerprint density at radius 2 is 1.67 bits per heavy atom. The van der Waals surface area contributed by atoms with Gasteiger partial charge >= 0.3 is 0 Å². The molecular weight excluding hydrogens is 473 g/mol. The van der Waals surface area contributed by atoms with E-state index in [-0.39, 0.29) is 6.61 Å². The molecule has 0 unspecified atom stereocenters. The molecule has 0 aliphatic rings. The van der Waals surface area contributed by atoms with Crippen molar-refractivity contribution in [2.75, 3.05) is 14.2 Å². The Hall–Kier alpha value is -2.28. The highest BCUT2D eigenvalue weighted by molar-refractivity contribution is 9.10. The van der Waals surface area contributed by atoms with E-state index >= 15 is 0 Å². The van der Waals surface area contributed by atoms with Crippen LogP contribution in [0.15, 0.2) is 59.1 Å². The molecule has 3 aromatic carbocycles. The highest BCUT2D eigenvalue weighted by Crippen LogP contribution is 2.37. The predicted molar refractivity (Wildman–Crippen MR) is 120 cm³/mol. The van der Waals surface area contributed by atoms with Crippen LogP contribution in [0.3, 0.4) is 0 Å². The number of rotatable bonds is 9. The van der Waals surface area contributed by atoms with Crippen LogP contribution < -0.4 is 19.5 Å². The molecule has 7 heteroatoms. The Morgan fingerprint density at radius 1 is 0.900 bits per heavy atom. The van der Waals surface area contributed by atoms with Gasteiger partial charge < -0.3 is 19.5 Å². The standard InChI is InChI=1S/C23H22BrClFNO3/c1-28-21-9-4-3-6-15(21)12-27-13-16-18(24)10-11-22(29-2)23(16)30-14-17-19(25)7-5-8-20(17)26/h3-11,27H,12-14H2,1-2H3. The van der Waals surface area contributed by atoms with E-state index in [1.54, 1.807) is 32.4 Å². The minimum Gasteiger partial charge on any atom is -0.496 e. The van der Waals surface area contributed by atoms with Gasteiger partial charge in [-0.3, -0.25) is 0 Å². The lowest BCUT2D eigenvalue weighted by molar-refractivity contribution is 0.275. The number of benzene rings is 3. The lowest BCUT2D eigenvalue weighted by atomic mass is 10.1. The molecule has 0 heterocycles. The SMILES string of the molecule is COc1ccccc1CNCc1c(Br)ccc(OC)c1OCc1c(F)cccc1Cl. The van der Waals surface area contributed by atoms with Crippen LogP contribution in [-0.2, 0) is 19.7 Å². The van der Waals surface area contributed by atoms with Crippen molar-refractivity contribution in [1.29, 1.82) is 0 Å². The molecule has 0 spiro atoms. The van der Waals surface area contributed by atoms with Crippen LogP contribution in [0.1, 0.15) is 16.7 Å². The average molecular weight is 495 g/mol. The summed E-state index contributed by atoms with van der Waals surface area (Å²) in [4.78, 5) is 0. The second-order valence-corrected chi connectivity index (χ2v) is 7.72. The lowest BCUT2D eigenvalue weighted by Crippen LogP contribution is -2.15. The zero-order chi connectivity index (χ0) is 21.5. The molecule has 0 bridgehead atoms. The number of halogens is 3. The molecule has 0 amide bonds. The van der Waals surface area contributed by atoms with Gasteiger partial charge in [0.15, 0.2) is 11.5 Å². The van der Waals surface area contributed by atoms with Gasteiger partial charge in [0.2, 0.25) is 0 Å². The van der Waals surface area contributed by atoms with Gasteiger partial charge in [-0.2, -0.15) is 0 Å². The Morgan fingerprint density at radius 3 is 2.40 bits per heavy atom. The fourth-order valence-corrected chi connectivity index (χ4v) is 3.72. The van der Waals surface area contributed by atoms with E-state index in [0.717, 1.165) is 21.3 Å². The summed E-state index contributed by atoms with van der Waals surface area (Å²) in [6, 6.07) is 16.1. The summed E-state index contributed by atoms with van der Waals surface area (Å²) in [5.41, 5.74) is 2.20. The van der Waals surface area contributed by atoms with Crippen molar-refractivity contribution in [3.8, 4) is 17.2 Å².